The summed E-state index contributed by atoms with van der Waals surface area (Å²) in [6.07, 6.45) is 3.02. The van der Waals surface area contributed by atoms with Gasteiger partial charge in [0.15, 0.2) is 0 Å². The quantitative estimate of drug-likeness (QED) is 0.902. The van der Waals surface area contributed by atoms with Crippen molar-refractivity contribution in [1.82, 2.24) is 4.90 Å². The number of urea groups is 1. The van der Waals surface area contributed by atoms with E-state index in [1.807, 2.05) is 18.2 Å². The van der Waals surface area contributed by atoms with E-state index in [0.29, 0.717) is 24.3 Å². The fourth-order valence-electron chi connectivity index (χ4n) is 3.00. The van der Waals surface area contributed by atoms with Crippen molar-refractivity contribution in [2.24, 2.45) is 5.73 Å². The van der Waals surface area contributed by atoms with E-state index in [2.05, 4.69) is 23.5 Å². The molecule has 0 saturated heterocycles. The maximum Gasteiger partial charge on any atom is 0.322 e. The van der Waals surface area contributed by atoms with Gasteiger partial charge in [0.25, 0.3) is 0 Å². The third-order valence-corrected chi connectivity index (χ3v) is 4.33. The number of nitrogens with two attached hydrogens (primary N) is 1. The van der Waals surface area contributed by atoms with Crippen LogP contribution in [0.1, 0.15) is 27.9 Å². The van der Waals surface area contributed by atoms with E-state index in [0.717, 1.165) is 23.1 Å². The topological polar surface area (TPSA) is 75.4 Å². The lowest BCUT2D eigenvalue weighted by Gasteiger charge is -2.28. The van der Waals surface area contributed by atoms with Gasteiger partial charge in [0, 0.05) is 24.3 Å². The van der Waals surface area contributed by atoms with Crippen molar-refractivity contribution < 1.29 is 9.59 Å². The number of nitrogens with zero attached hydrogens (tertiary/aromatic N) is 1. The van der Waals surface area contributed by atoms with Gasteiger partial charge < -0.3 is 16.0 Å². The zero-order valence-corrected chi connectivity index (χ0v) is 14.2. The third-order valence-electron chi connectivity index (χ3n) is 4.33. The molecule has 0 saturated carbocycles. The highest BCUT2D eigenvalue weighted by atomic mass is 16.2. The molecule has 5 heteroatoms. The molecule has 25 heavy (non-hydrogen) atoms. The molecule has 1 heterocycles. The number of amides is 3. The highest BCUT2D eigenvalue weighted by molar-refractivity contribution is 5.96. The lowest BCUT2D eigenvalue weighted by atomic mass is 10.0. The summed E-state index contributed by atoms with van der Waals surface area (Å²) in [5.41, 5.74) is 9.47. The molecule has 3 rings (SSSR count). The van der Waals surface area contributed by atoms with E-state index in [1.165, 1.54) is 0 Å². The fourth-order valence-corrected chi connectivity index (χ4v) is 3.00. The number of hydrogen-bond donors (Lipinski definition) is 2. The molecule has 0 aromatic heterocycles. The molecule has 2 aromatic carbocycles. The smallest absolute Gasteiger partial charge is 0.322 e. The number of benzene rings is 2. The van der Waals surface area contributed by atoms with Gasteiger partial charge in [-0.05, 0) is 48.2 Å². The zero-order valence-electron chi connectivity index (χ0n) is 14.2. The van der Waals surface area contributed by atoms with E-state index in [1.54, 1.807) is 30.0 Å². The van der Waals surface area contributed by atoms with Crippen molar-refractivity contribution in [3.8, 4) is 0 Å². The number of primary amides is 1. The number of rotatable bonds is 3. The number of aryl methyl sites for hydroxylation is 1. The van der Waals surface area contributed by atoms with Crippen LogP contribution in [0.4, 0.5) is 10.5 Å². The summed E-state index contributed by atoms with van der Waals surface area (Å²) in [6, 6.07) is 15.0. The molecule has 0 fully saturated rings. The lowest BCUT2D eigenvalue weighted by Crippen LogP contribution is -2.38. The number of carbonyl (C=O) groups excluding carboxylic acids is 2. The maximum atomic E-state index is 12.6. The summed E-state index contributed by atoms with van der Waals surface area (Å²) in [6.45, 7) is 3.06. The minimum atomic E-state index is -0.468. The van der Waals surface area contributed by atoms with E-state index < -0.39 is 5.91 Å². The molecule has 0 unspecified atom stereocenters. The van der Waals surface area contributed by atoms with Crippen molar-refractivity contribution in [3.05, 3.63) is 71.3 Å². The van der Waals surface area contributed by atoms with Gasteiger partial charge in [0.1, 0.15) is 0 Å². The lowest BCUT2D eigenvalue weighted by molar-refractivity contribution is 0.0999. The van der Waals surface area contributed by atoms with Gasteiger partial charge in [0.2, 0.25) is 5.91 Å². The van der Waals surface area contributed by atoms with Crippen molar-refractivity contribution >= 4 is 23.2 Å². The van der Waals surface area contributed by atoms with E-state index in [-0.39, 0.29) is 6.03 Å². The Balaban J connectivity index is 1.69. The van der Waals surface area contributed by atoms with Crippen LogP contribution in [0.5, 0.6) is 0 Å². The first-order valence-electron chi connectivity index (χ1n) is 8.25. The molecule has 1 aliphatic heterocycles. The van der Waals surface area contributed by atoms with Gasteiger partial charge in [-0.3, -0.25) is 4.79 Å². The highest BCUT2D eigenvalue weighted by Gasteiger charge is 2.19. The summed E-state index contributed by atoms with van der Waals surface area (Å²) in [5.74, 6) is -0.468. The molecule has 1 aliphatic rings. The molecule has 0 aliphatic carbocycles. The molecular formula is C20H21N3O2. The standard InChI is InChI=1S/C20H21N3O2/c1-14-12-17(9-10-18(14)19(21)24)22-20(25)23-11-5-8-16(13-23)15-6-3-2-4-7-15/h2-4,6-10,12H,5,11,13H2,1H3,(H2,21,24)(H,22,25). The predicted octanol–water partition coefficient (Wildman–Crippen LogP) is 3.42. The van der Waals surface area contributed by atoms with Crippen LogP contribution in [0.3, 0.4) is 0 Å². The summed E-state index contributed by atoms with van der Waals surface area (Å²) in [4.78, 5) is 25.7. The Kier molecular flexibility index (Phi) is 4.84. The van der Waals surface area contributed by atoms with Crippen LogP contribution in [0.25, 0.3) is 5.57 Å². The van der Waals surface area contributed by atoms with E-state index in [9.17, 15) is 9.59 Å². The predicted molar refractivity (Wildman–Crippen MR) is 99.3 cm³/mol. The van der Waals surface area contributed by atoms with Gasteiger partial charge in [-0.1, -0.05) is 36.4 Å². The van der Waals surface area contributed by atoms with Crippen LogP contribution >= 0.6 is 0 Å². The normalized spacial score (nSPS) is 14.0. The molecule has 0 atom stereocenters. The van der Waals surface area contributed by atoms with Gasteiger partial charge >= 0.3 is 6.03 Å². The van der Waals surface area contributed by atoms with Gasteiger partial charge in [-0.2, -0.15) is 0 Å². The van der Waals surface area contributed by atoms with Crippen LogP contribution in [-0.4, -0.2) is 29.9 Å². The summed E-state index contributed by atoms with van der Waals surface area (Å²) in [5, 5.41) is 2.90. The summed E-state index contributed by atoms with van der Waals surface area (Å²) >= 11 is 0. The molecule has 0 radical (unpaired) electrons. The van der Waals surface area contributed by atoms with Gasteiger partial charge in [0.05, 0.1) is 0 Å². The molecule has 0 spiro atoms. The number of anilines is 1. The Bertz CT molecular complexity index is 828. The minimum Gasteiger partial charge on any atom is -0.366 e. The Morgan fingerprint density at radius 1 is 1.12 bits per heavy atom. The fraction of sp³-hybridized carbons (Fsp3) is 0.200. The average molecular weight is 335 g/mol. The third kappa shape index (κ3) is 3.88. The van der Waals surface area contributed by atoms with Gasteiger partial charge in [-0.25, -0.2) is 4.79 Å². The molecule has 5 nitrogen and oxygen atoms in total. The van der Waals surface area contributed by atoms with E-state index in [4.69, 9.17) is 5.73 Å². The van der Waals surface area contributed by atoms with Crippen molar-refractivity contribution in [3.63, 3.8) is 0 Å². The second-order valence-electron chi connectivity index (χ2n) is 6.13. The van der Waals surface area contributed by atoms with Crippen molar-refractivity contribution in [1.29, 1.82) is 0 Å². The van der Waals surface area contributed by atoms with E-state index >= 15 is 0 Å². The van der Waals surface area contributed by atoms with Crippen LogP contribution < -0.4 is 11.1 Å². The molecule has 0 bridgehead atoms. The Hall–Kier alpha value is -3.08. The van der Waals surface area contributed by atoms with Crippen molar-refractivity contribution in [2.45, 2.75) is 13.3 Å². The molecule has 2 aromatic rings. The highest BCUT2D eigenvalue weighted by Crippen LogP contribution is 2.22. The Labute approximate surface area is 147 Å². The average Bonchev–Trinajstić information content (AvgIpc) is 2.62. The SMILES string of the molecule is Cc1cc(NC(=O)N2CCC=C(c3ccccc3)C2)ccc1C(N)=O. The number of carbonyl (C=O) groups is 2. The monoisotopic (exact) mass is 335 g/mol. The second kappa shape index (κ2) is 7.21. The van der Waals surface area contributed by atoms with Crippen LogP contribution in [0, 0.1) is 6.92 Å². The van der Waals surface area contributed by atoms with Crippen LogP contribution in [0.2, 0.25) is 0 Å². The second-order valence-corrected chi connectivity index (χ2v) is 6.13. The Morgan fingerprint density at radius 3 is 2.56 bits per heavy atom. The number of hydrogen-bond acceptors (Lipinski definition) is 2. The van der Waals surface area contributed by atoms with Crippen LogP contribution in [-0.2, 0) is 0 Å². The molecule has 3 amide bonds. The first kappa shape index (κ1) is 16.8. The minimum absolute atomic E-state index is 0.146. The summed E-state index contributed by atoms with van der Waals surface area (Å²) in [7, 11) is 0. The van der Waals surface area contributed by atoms with Crippen molar-refractivity contribution in [2.75, 3.05) is 18.4 Å². The van der Waals surface area contributed by atoms with Crippen LogP contribution in [0.15, 0.2) is 54.6 Å². The Morgan fingerprint density at radius 2 is 1.88 bits per heavy atom. The first-order valence-corrected chi connectivity index (χ1v) is 8.25. The van der Waals surface area contributed by atoms with Gasteiger partial charge in [-0.15, -0.1) is 0 Å². The number of nitrogens with one attached hydrogen (secondary N) is 1. The first-order chi connectivity index (χ1) is 12.0. The molecular weight excluding hydrogens is 314 g/mol. The largest absolute Gasteiger partial charge is 0.366 e. The zero-order chi connectivity index (χ0) is 17.8. The molecule has 3 N–H and O–H groups in total. The summed E-state index contributed by atoms with van der Waals surface area (Å²) < 4.78 is 0. The maximum absolute atomic E-state index is 12.6. The molecule has 128 valence electrons.